The maximum atomic E-state index is 12.8. The van der Waals surface area contributed by atoms with Crippen LogP contribution in [0.15, 0.2) is 66.3 Å². The molecule has 34 heavy (non-hydrogen) atoms. The van der Waals surface area contributed by atoms with Crippen LogP contribution in [0.3, 0.4) is 0 Å². The van der Waals surface area contributed by atoms with Crippen LogP contribution in [0.2, 0.25) is 0 Å². The molecule has 0 saturated heterocycles. The Morgan fingerprint density at radius 1 is 1.15 bits per heavy atom. The second kappa shape index (κ2) is 8.41. The van der Waals surface area contributed by atoms with Crippen molar-refractivity contribution in [2.24, 2.45) is 0 Å². The van der Waals surface area contributed by atoms with E-state index in [1.165, 1.54) is 22.1 Å². The van der Waals surface area contributed by atoms with Gasteiger partial charge in [-0.1, -0.05) is 30.3 Å². The molecule has 172 valence electrons. The molecule has 5 aromatic rings. The van der Waals surface area contributed by atoms with Gasteiger partial charge in [-0.15, -0.1) is 11.3 Å². The molecule has 7 nitrogen and oxygen atoms in total. The molecule has 1 N–H and O–H groups in total. The Morgan fingerprint density at radius 2 is 1.94 bits per heavy atom. The zero-order chi connectivity index (χ0) is 23.9. The maximum absolute atomic E-state index is 12.8. The van der Waals surface area contributed by atoms with Crippen molar-refractivity contribution in [3.05, 3.63) is 83.3 Å². The second-order valence-electron chi connectivity index (χ2n) is 7.58. The van der Waals surface area contributed by atoms with Gasteiger partial charge in [0.25, 0.3) is 0 Å². The van der Waals surface area contributed by atoms with E-state index in [0.29, 0.717) is 11.5 Å². The minimum absolute atomic E-state index is 0.0786. The molecule has 0 aliphatic rings. The van der Waals surface area contributed by atoms with Crippen LogP contribution in [0.5, 0.6) is 0 Å². The number of hydrogen-bond acceptors (Lipinski definition) is 5. The van der Waals surface area contributed by atoms with Crippen LogP contribution >= 0.6 is 11.3 Å². The van der Waals surface area contributed by atoms with Crippen LogP contribution in [0, 0.1) is 6.92 Å². The molecule has 0 spiro atoms. The minimum Gasteiger partial charge on any atom is -0.310 e. The Kier molecular flexibility index (Phi) is 5.40. The number of fused-ring (bicyclic) bond motifs is 1. The topological polar surface area (TPSA) is 77.1 Å². The summed E-state index contributed by atoms with van der Waals surface area (Å²) in [5, 5.41) is 8.91. The van der Waals surface area contributed by atoms with E-state index in [2.05, 4.69) is 20.4 Å². The van der Waals surface area contributed by atoms with E-state index in [0.717, 1.165) is 34.2 Å². The molecule has 1 amide bonds. The first-order chi connectivity index (χ1) is 16.3. The lowest BCUT2D eigenvalue weighted by atomic mass is 10.2. The van der Waals surface area contributed by atoms with Crippen molar-refractivity contribution in [1.82, 2.24) is 24.1 Å². The quantitative estimate of drug-likeness (QED) is 0.376. The number of aromatic nitrogens is 5. The summed E-state index contributed by atoms with van der Waals surface area (Å²) in [6, 6.07) is 13.5. The molecule has 5 rings (SSSR count). The van der Waals surface area contributed by atoms with E-state index in [4.69, 9.17) is 0 Å². The van der Waals surface area contributed by atoms with Crippen LogP contribution in [0.25, 0.3) is 22.0 Å². The third kappa shape index (κ3) is 4.29. The summed E-state index contributed by atoms with van der Waals surface area (Å²) in [4.78, 5) is 22.1. The third-order valence-electron chi connectivity index (χ3n) is 5.09. The highest BCUT2D eigenvalue weighted by atomic mass is 32.1. The van der Waals surface area contributed by atoms with Gasteiger partial charge in [0.2, 0.25) is 5.91 Å². The van der Waals surface area contributed by atoms with Crippen molar-refractivity contribution < 1.29 is 18.0 Å². The van der Waals surface area contributed by atoms with Gasteiger partial charge in [-0.05, 0) is 19.1 Å². The minimum atomic E-state index is -4.48. The fraction of sp³-hybridized carbons (Fsp3) is 0.130. The summed E-state index contributed by atoms with van der Waals surface area (Å²) >= 11 is 1.44. The molecule has 1 aromatic carbocycles. The van der Waals surface area contributed by atoms with Crippen molar-refractivity contribution in [2.75, 3.05) is 5.32 Å². The number of rotatable bonds is 5. The molecule has 0 atom stereocenters. The van der Waals surface area contributed by atoms with Gasteiger partial charge in [0, 0.05) is 35.1 Å². The van der Waals surface area contributed by atoms with Crippen LogP contribution < -0.4 is 5.32 Å². The average Bonchev–Trinajstić information content (AvgIpc) is 3.49. The van der Waals surface area contributed by atoms with Gasteiger partial charge in [-0.3, -0.25) is 9.20 Å². The number of carbonyl (C=O) groups is 1. The zero-order valence-electron chi connectivity index (χ0n) is 17.7. The number of anilines is 1. The average molecular weight is 482 g/mol. The first kappa shape index (κ1) is 21.8. The molecule has 0 aliphatic carbocycles. The monoisotopic (exact) mass is 482 g/mol. The predicted octanol–water partition coefficient (Wildman–Crippen LogP) is 5.15. The first-order valence-corrected chi connectivity index (χ1v) is 11.1. The molecular formula is C23H17F3N6OS. The molecule has 0 aliphatic heterocycles. The predicted molar refractivity (Wildman–Crippen MR) is 122 cm³/mol. The molecule has 0 unspecified atom stereocenters. The van der Waals surface area contributed by atoms with Crippen LogP contribution in [0.4, 0.5) is 19.0 Å². The molecule has 4 aromatic heterocycles. The number of imidazole rings is 1. The summed E-state index contributed by atoms with van der Waals surface area (Å²) in [6.45, 7) is 1.72. The van der Waals surface area contributed by atoms with E-state index in [9.17, 15) is 18.0 Å². The number of alkyl halides is 3. The number of amides is 1. The van der Waals surface area contributed by atoms with E-state index in [1.807, 2.05) is 46.3 Å². The third-order valence-corrected chi connectivity index (χ3v) is 5.97. The maximum Gasteiger partial charge on any atom is 0.417 e. The van der Waals surface area contributed by atoms with Crippen molar-refractivity contribution in [2.45, 2.75) is 19.5 Å². The van der Waals surface area contributed by atoms with Gasteiger partial charge >= 0.3 is 6.18 Å². The number of halogens is 3. The lowest BCUT2D eigenvalue weighted by molar-refractivity contribution is -0.137. The normalized spacial score (nSPS) is 11.8. The number of thiazole rings is 1. The Morgan fingerprint density at radius 3 is 2.65 bits per heavy atom. The lowest BCUT2D eigenvalue weighted by Crippen LogP contribution is -2.18. The van der Waals surface area contributed by atoms with Crippen molar-refractivity contribution >= 4 is 28.0 Å². The fourth-order valence-corrected chi connectivity index (χ4v) is 4.37. The fourth-order valence-electron chi connectivity index (χ4n) is 3.50. The van der Waals surface area contributed by atoms with Crippen molar-refractivity contribution in [3.8, 4) is 17.1 Å². The van der Waals surface area contributed by atoms with Gasteiger partial charge < -0.3 is 5.32 Å². The zero-order valence-corrected chi connectivity index (χ0v) is 18.6. The number of nitrogens with zero attached hydrogens (tertiary/aromatic N) is 5. The summed E-state index contributed by atoms with van der Waals surface area (Å²) in [7, 11) is 0. The molecule has 0 fully saturated rings. The number of carbonyl (C=O) groups excluding carboxylic acids is 1. The van der Waals surface area contributed by atoms with E-state index in [1.54, 1.807) is 13.0 Å². The van der Waals surface area contributed by atoms with Gasteiger partial charge in [-0.2, -0.15) is 23.0 Å². The number of hydrogen-bond donors (Lipinski definition) is 1. The highest BCUT2D eigenvalue weighted by Crippen LogP contribution is 2.29. The molecule has 11 heteroatoms. The molecule has 0 radical (unpaired) electrons. The van der Waals surface area contributed by atoms with Gasteiger partial charge in [0.05, 0.1) is 23.4 Å². The van der Waals surface area contributed by atoms with Crippen LogP contribution in [0.1, 0.15) is 17.0 Å². The van der Waals surface area contributed by atoms with Gasteiger partial charge in [-0.25, -0.2) is 9.97 Å². The summed E-state index contributed by atoms with van der Waals surface area (Å²) < 4.78 is 41.7. The van der Waals surface area contributed by atoms with Crippen LogP contribution in [-0.4, -0.2) is 30.1 Å². The molecule has 0 bridgehead atoms. The Balaban J connectivity index is 1.36. The lowest BCUT2D eigenvalue weighted by Gasteiger charge is -2.10. The van der Waals surface area contributed by atoms with E-state index in [-0.39, 0.29) is 18.1 Å². The van der Waals surface area contributed by atoms with Gasteiger partial charge in [0.1, 0.15) is 5.82 Å². The number of aryl methyl sites for hydroxylation is 1. The summed E-state index contributed by atoms with van der Waals surface area (Å²) in [6.07, 6.45) is -1.77. The summed E-state index contributed by atoms with van der Waals surface area (Å²) in [5.41, 5.74) is 2.29. The molecule has 0 saturated carbocycles. The Hall–Kier alpha value is -3.99. The second-order valence-corrected chi connectivity index (χ2v) is 8.42. The summed E-state index contributed by atoms with van der Waals surface area (Å²) in [5.74, 6) is 0.177. The smallest absolute Gasteiger partial charge is 0.310 e. The van der Waals surface area contributed by atoms with Crippen LogP contribution in [-0.2, 0) is 17.4 Å². The largest absolute Gasteiger partial charge is 0.417 e. The Labute approximate surface area is 195 Å². The number of benzene rings is 1. The van der Waals surface area contributed by atoms with E-state index >= 15 is 0 Å². The highest BCUT2D eigenvalue weighted by Gasteiger charge is 2.30. The van der Waals surface area contributed by atoms with Crippen molar-refractivity contribution in [1.29, 1.82) is 0 Å². The Bertz CT molecular complexity index is 1470. The molecular weight excluding hydrogens is 465 g/mol. The highest BCUT2D eigenvalue weighted by molar-refractivity contribution is 7.15. The number of nitrogens with one attached hydrogen (secondary N) is 1. The van der Waals surface area contributed by atoms with Crippen molar-refractivity contribution in [3.63, 3.8) is 0 Å². The van der Waals surface area contributed by atoms with E-state index < -0.39 is 11.7 Å². The standard InChI is InChI=1S/C23H17F3N6OS/c1-14-9-20(32(30-14)19-8-7-16(11-27-19)23(24,25)26)29-21(33)10-17-13-34-22-28-18(12-31(17)22)15-5-3-2-4-6-15/h2-9,11-13H,10H2,1H3,(H,29,33). The number of pyridine rings is 1. The van der Waals surface area contributed by atoms with Gasteiger partial charge in [0.15, 0.2) is 10.8 Å². The SMILES string of the molecule is Cc1cc(NC(=O)Cc2csc3nc(-c4ccccc4)cn23)n(-c2ccc(C(F)(F)F)cn2)n1. The molecule has 4 heterocycles. The first-order valence-electron chi connectivity index (χ1n) is 10.2.